The number of hydrazine groups is 1. The van der Waals surface area contributed by atoms with Crippen LogP contribution >= 0.6 is 0 Å². The van der Waals surface area contributed by atoms with Crippen LogP contribution in [-0.4, -0.2) is 32.4 Å². The number of benzene rings is 2. The summed E-state index contributed by atoms with van der Waals surface area (Å²) in [5.41, 5.74) is 5.58. The lowest BCUT2D eigenvalue weighted by atomic mass is 10.2. The van der Waals surface area contributed by atoms with Gasteiger partial charge in [-0.1, -0.05) is 0 Å². The molecular formula is C14H12N2O6. The molecule has 0 fully saturated rings. The van der Waals surface area contributed by atoms with Gasteiger partial charge in [-0.15, -0.1) is 0 Å². The minimum absolute atomic E-state index is 0.233. The summed E-state index contributed by atoms with van der Waals surface area (Å²) >= 11 is 0. The van der Waals surface area contributed by atoms with Crippen LogP contribution in [0.1, 0.15) is 20.7 Å². The molecule has 0 aliphatic carbocycles. The van der Waals surface area contributed by atoms with Gasteiger partial charge in [-0.3, -0.25) is 0 Å². The van der Waals surface area contributed by atoms with Crippen LogP contribution in [0.25, 0.3) is 0 Å². The van der Waals surface area contributed by atoms with E-state index in [1.165, 1.54) is 36.4 Å². The Labute approximate surface area is 124 Å². The Morgan fingerprint density at radius 1 is 0.727 bits per heavy atom. The Bertz CT molecular complexity index is 744. The van der Waals surface area contributed by atoms with Crippen LogP contribution in [0.15, 0.2) is 36.4 Å². The van der Waals surface area contributed by atoms with Crippen molar-refractivity contribution in [3.8, 4) is 11.5 Å². The van der Waals surface area contributed by atoms with E-state index in [4.69, 9.17) is 10.2 Å². The van der Waals surface area contributed by atoms with E-state index < -0.39 is 17.7 Å². The lowest BCUT2D eigenvalue weighted by Gasteiger charge is -2.11. The van der Waals surface area contributed by atoms with Crippen LogP contribution in [0, 0.1) is 0 Å². The van der Waals surface area contributed by atoms with Crippen LogP contribution in [0.3, 0.4) is 0 Å². The summed E-state index contributed by atoms with van der Waals surface area (Å²) in [4.78, 5) is 21.7. The molecule has 0 saturated heterocycles. The molecule has 0 aliphatic heterocycles. The maximum absolute atomic E-state index is 10.9. The average Bonchev–Trinajstić information content (AvgIpc) is 2.45. The fourth-order valence-electron chi connectivity index (χ4n) is 1.72. The van der Waals surface area contributed by atoms with Crippen LogP contribution in [0.5, 0.6) is 11.5 Å². The largest absolute Gasteiger partial charge is 0.507 e. The number of carbonyl (C=O) groups is 2. The van der Waals surface area contributed by atoms with E-state index in [1.807, 2.05) is 0 Å². The van der Waals surface area contributed by atoms with Crippen LogP contribution in [0.4, 0.5) is 11.4 Å². The van der Waals surface area contributed by atoms with Crippen molar-refractivity contribution in [2.75, 3.05) is 10.9 Å². The van der Waals surface area contributed by atoms with Crippen molar-refractivity contribution in [2.45, 2.75) is 0 Å². The Morgan fingerprint density at radius 2 is 1.27 bits per heavy atom. The number of anilines is 2. The first-order valence-corrected chi connectivity index (χ1v) is 6.03. The highest BCUT2D eigenvalue weighted by Crippen LogP contribution is 2.24. The highest BCUT2D eigenvalue weighted by atomic mass is 16.4. The third-order valence-corrected chi connectivity index (χ3v) is 2.81. The molecular weight excluding hydrogens is 292 g/mol. The second-order valence-electron chi connectivity index (χ2n) is 4.32. The number of aromatic carboxylic acids is 2. The van der Waals surface area contributed by atoms with Gasteiger partial charge in [0.1, 0.15) is 22.6 Å². The number of aromatic hydroxyl groups is 2. The minimum atomic E-state index is -1.27. The molecule has 2 aromatic carbocycles. The summed E-state index contributed by atoms with van der Waals surface area (Å²) < 4.78 is 0. The SMILES string of the molecule is O=C(O)c1ccc(NNc2ccc(O)c(C(=O)O)c2)cc1O. The van der Waals surface area contributed by atoms with Crippen molar-refractivity contribution in [1.29, 1.82) is 0 Å². The number of carboxylic acids is 2. The van der Waals surface area contributed by atoms with Gasteiger partial charge in [0.05, 0.1) is 11.4 Å². The number of carboxylic acid groups (broad SMARTS) is 2. The Balaban J connectivity index is 2.13. The van der Waals surface area contributed by atoms with Gasteiger partial charge in [0, 0.05) is 6.07 Å². The molecule has 0 atom stereocenters. The molecule has 22 heavy (non-hydrogen) atoms. The fraction of sp³-hybridized carbons (Fsp3) is 0. The van der Waals surface area contributed by atoms with Gasteiger partial charge in [-0.25, -0.2) is 9.59 Å². The standard InChI is InChI=1S/C14H12N2O6/c17-11-4-2-7(5-10(11)14(21)22)15-16-8-1-3-9(13(19)20)12(18)6-8/h1-6,15-18H,(H,19,20)(H,21,22). The Morgan fingerprint density at radius 3 is 1.82 bits per heavy atom. The second kappa shape index (κ2) is 5.92. The normalized spacial score (nSPS) is 10.0. The zero-order chi connectivity index (χ0) is 16.3. The monoisotopic (exact) mass is 304 g/mol. The molecule has 8 nitrogen and oxygen atoms in total. The van der Waals surface area contributed by atoms with Gasteiger partial charge in [0.2, 0.25) is 0 Å². The molecule has 2 rings (SSSR count). The van der Waals surface area contributed by atoms with Crippen molar-refractivity contribution in [2.24, 2.45) is 0 Å². The number of rotatable bonds is 5. The lowest BCUT2D eigenvalue weighted by molar-refractivity contribution is 0.0682. The van der Waals surface area contributed by atoms with Gasteiger partial charge in [-0.2, -0.15) is 0 Å². The summed E-state index contributed by atoms with van der Waals surface area (Å²) in [5, 5.41) is 36.6. The van der Waals surface area contributed by atoms with E-state index >= 15 is 0 Å². The molecule has 0 saturated carbocycles. The number of nitrogens with one attached hydrogen (secondary N) is 2. The van der Waals surface area contributed by atoms with E-state index in [9.17, 15) is 19.8 Å². The summed E-state index contributed by atoms with van der Waals surface area (Å²) in [6, 6.07) is 7.74. The molecule has 0 radical (unpaired) electrons. The summed E-state index contributed by atoms with van der Waals surface area (Å²) in [7, 11) is 0. The summed E-state index contributed by atoms with van der Waals surface area (Å²) in [6.45, 7) is 0. The smallest absolute Gasteiger partial charge is 0.339 e. The maximum Gasteiger partial charge on any atom is 0.339 e. The molecule has 0 bridgehead atoms. The fourth-order valence-corrected chi connectivity index (χ4v) is 1.72. The van der Waals surface area contributed by atoms with Crippen molar-refractivity contribution in [3.63, 3.8) is 0 Å². The number of hydrogen-bond donors (Lipinski definition) is 6. The third kappa shape index (κ3) is 3.18. The number of hydrogen-bond acceptors (Lipinski definition) is 6. The zero-order valence-corrected chi connectivity index (χ0v) is 11.1. The molecule has 8 heteroatoms. The molecule has 2 aromatic rings. The van der Waals surface area contributed by atoms with Crippen LogP contribution in [0.2, 0.25) is 0 Å². The van der Waals surface area contributed by atoms with Gasteiger partial charge < -0.3 is 31.3 Å². The molecule has 0 spiro atoms. The third-order valence-electron chi connectivity index (χ3n) is 2.81. The quantitative estimate of drug-likeness (QED) is 0.364. The van der Waals surface area contributed by atoms with Gasteiger partial charge >= 0.3 is 11.9 Å². The second-order valence-corrected chi connectivity index (χ2v) is 4.32. The van der Waals surface area contributed by atoms with Gasteiger partial charge in [0.15, 0.2) is 0 Å². The van der Waals surface area contributed by atoms with E-state index in [0.717, 1.165) is 0 Å². The van der Waals surface area contributed by atoms with Gasteiger partial charge in [-0.05, 0) is 30.3 Å². The Hall–Kier alpha value is -3.42. The van der Waals surface area contributed by atoms with E-state index in [0.29, 0.717) is 11.4 Å². The minimum Gasteiger partial charge on any atom is -0.507 e. The first-order chi connectivity index (χ1) is 10.4. The van der Waals surface area contributed by atoms with E-state index in [1.54, 1.807) is 0 Å². The zero-order valence-electron chi connectivity index (χ0n) is 11.1. The molecule has 114 valence electrons. The van der Waals surface area contributed by atoms with Gasteiger partial charge in [0.25, 0.3) is 0 Å². The van der Waals surface area contributed by atoms with E-state index in [-0.39, 0.29) is 16.9 Å². The predicted octanol–water partition coefficient (Wildman–Crippen LogP) is 1.93. The lowest BCUT2D eigenvalue weighted by Crippen LogP contribution is -2.10. The maximum atomic E-state index is 10.9. The van der Waals surface area contributed by atoms with Crippen molar-refractivity contribution >= 4 is 23.3 Å². The van der Waals surface area contributed by atoms with Crippen LogP contribution in [-0.2, 0) is 0 Å². The predicted molar refractivity (Wildman–Crippen MR) is 77.4 cm³/mol. The first kappa shape index (κ1) is 15.0. The van der Waals surface area contributed by atoms with Crippen LogP contribution < -0.4 is 10.9 Å². The Kier molecular flexibility index (Phi) is 4.03. The average molecular weight is 304 g/mol. The first-order valence-electron chi connectivity index (χ1n) is 6.03. The highest BCUT2D eigenvalue weighted by Gasteiger charge is 2.11. The molecule has 0 unspecified atom stereocenters. The summed E-state index contributed by atoms with van der Waals surface area (Å²) in [6.07, 6.45) is 0. The number of phenols is 2. The van der Waals surface area contributed by atoms with Crippen molar-refractivity contribution in [1.82, 2.24) is 0 Å². The molecule has 0 heterocycles. The topological polar surface area (TPSA) is 139 Å². The van der Waals surface area contributed by atoms with Crippen molar-refractivity contribution in [3.05, 3.63) is 47.5 Å². The highest BCUT2D eigenvalue weighted by molar-refractivity contribution is 5.92. The summed E-state index contributed by atoms with van der Waals surface area (Å²) in [5.74, 6) is -3.29. The van der Waals surface area contributed by atoms with E-state index in [2.05, 4.69) is 10.9 Å². The molecule has 0 amide bonds. The molecule has 0 aromatic heterocycles. The molecule has 0 aliphatic rings. The molecule has 6 N–H and O–H groups in total. The van der Waals surface area contributed by atoms with Crippen molar-refractivity contribution < 1.29 is 30.0 Å².